The van der Waals surface area contributed by atoms with Gasteiger partial charge in [0.1, 0.15) is 0 Å². The number of aromatic amines is 1. The molecule has 30 heavy (non-hydrogen) atoms. The maximum absolute atomic E-state index is 12.5. The number of aryl methyl sites for hydroxylation is 2. The van der Waals surface area contributed by atoms with Gasteiger partial charge in [-0.1, -0.05) is 61.4 Å². The van der Waals surface area contributed by atoms with Crippen LogP contribution >= 0.6 is 0 Å². The zero-order valence-electron chi connectivity index (χ0n) is 18.3. The number of aromatic nitrogens is 4. The second-order valence-electron chi connectivity index (χ2n) is 7.21. The predicted octanol–water partition coefficient (Wildman–Crippen LogP) is 4.96. The van der Waals surface area contributed by atoms with Crippen molar-refractivity contribution in [2.75, 3.05) is 5.32 Å². The summed E-state index contributed by atoms with van der Waals surface area (Å²) in [5, 5.41) is 6.41. The highest BCUT2D eigenvalue weighted by atomic mass is 16.1. The molecular weight excluding hydrogens is 374 g/mol. The van der Waals surface area contributed by atoms with E-state index in [1.54, 1.807) is 0 Å². The second kappa shape index (κ2) is 9.39. The van der Waals surface area contributed by atoms with Gasteiger partial charge in [0.2, 0.25) is 0 Å². The zero-order valence-corrected chi connectivity index (χ0v) is 18.3. The molecule has 156 valence electrons. The molecule has 0 saturated heterocycles. The number of benzene rings is 1. The lowest BCUT2D eigenvalue weighted by Crippen LogP contribution is -2.17. The summed E-state index contributed by atoms with van der Waals surface area (Å²) in [6.07, 6.45) is 9.08. The number of H-pyrrole nitrogens is 1. The molecule has 0 bridgehead atoms. The van der Waals surface area contributed by atoms with Gasteiger partial charge in [0.25, 0.3) is 11.3 Å². The van der Waals surface area contributed by atoms with Crippen LogP contribution in [0, 0.1) is 13.8 Å². The number of hydrogen-bond acceptors (Lipinski definition) is 4. The molecule has 0 aliphatic heterocycles. The Morgan fingerprint density at radius 2 is 1.90 bits per heavy atom. The van der Waals surface area contributed by atoms with Crippen molar-refractivity contribution in [2.45, 2.75) is 47.6 Å². The average molecular weight is 404 g/mol. The molecule has 4 rings (SSSR count). The summed E-state index contributed by atoms with van der Waals surface area (Å²) in [6, 6.07) is 7.76. The Balaban J connectivity index is 0.00000124. The molecule has 0 radical (unpaired) electrons. The number of nitrogens with one attached hydrogen (secondary N) is 2. The van der Waals surface area contributed by atoms with Gasteiger partial charge in [-0.05, 0) is 38.8 Å². The first-order valence-electron chi connectivity index (χ1n) is 10.3. The third kappa shape index (κ3) is 4.76. The van der Waals surface area contributed by atoms with Crippen LogP contribution in [0.2, 0.25) is 0 Å². The highest BCUT2D eigenvalue weighted by molar-refractivity contribution is 5.72. The maximum Gasteiger partial charge on any atom is 0.274 e. The van der Waals surface area contributed by atoms with Crippen LogP contribution in [0.3, 0.4) is 0 Å². The van der Waals surface area contributed by atoms with E-state index in [9.17, 15) is 4.79 Å². The molecule has 1 aromatic carbocycles. The number of fused-ring (bicyclic) bond motifs is 1. The molecule has 2 heterocycles. The third-order valence-electron chi connectivity index (χ3n) is 4.78. The maximum atomic E-state index is 12.5. The quantitative estimate of drug-likeness (QED) is 0.645. The highest BCUT2D eigenvalue weighted by Gasteiger charge is 2.11. The lowest BCUT2D eigenvalue weighted by molar-refractivity contribution is 0.872. The molecule has 1 aliphatic carbocycles. The van der Waals surface area contributed by atoms with Crippen LogP contribution in [0.4, 0.5) is 5.69 Å². The molecule has 0 atom stereocenters. The molecule has 0 spiro atoms. The lowest BCUT2D eigenvalue weighted by Gasteiger charge is -2.09. The molecule has 0 saturated carbocycles. The van der Waals surface area contributed by atoms with Crippen LogP contribution in [-0.4, -0.2) is 19.6 Å². The summed E-state index contributed by atoms with van der Waals surface area (Å²) < 4.78 is 1.38. The van der Waals surface area contributed by atoms with E-state index in [-0.39, 0.29) is 5.56 Å². The van der Waals surface area contributed by atoms with Gasteiger partial charge in [-0.2, -0.15) is 9.50 Å². The van der Waals surface area contributed by atoms with Crippen LogP contribution in [0.15, 0.2) is 58.9 Å². The zero-order chi connectivity index (χ0) is 21.7. The number of hydrogen-bond donors (Lipinski definition) is 2. The molecule has 6 nitrogen and oxygen atoms in total. The number of rotatable bonds is 4. The highest BCUT2D eigenvalue weighted by Crippen LogP contribution is 2.19. The van der Waals surface area contributed by atoms with E-state index < -0.39 is 0 Å². The van der Waals surface area contributed by atoms with Gasteiger partial charge in [0.15, 0.2) is 5.82 Å². The molecular formula is C24H29N5O. The minimum Gasteiger partial charge on any atom is -0.379 e. The molecule has 2 N–H and O–H groups in total. The Morgan fingerprint density at radius 3 is 2.67 bits per heavy atom. The predicted molar refractivity (Wildman–Crippen MR) is 124 cm³/mol. The van der Waals surface area contributed by atoms with Crippen molar-refractivity contribution < 1.29 is 0 Å². The molecule has 3 aromatic rings. The van der Waals surface area contributed by atoms with E-state index in [0.29, 0.717) is 23.8 Å². The van der Waals surface area contributed by atoms with Gasteiger partial charge >= 0.3 is 0 Å². The van der Waals surface area contributed by atoms with Crippen molar-refractivity contribution in [3.63, 3.8) is 0 Å². The topological polar surface area (TPSA) is 75.1 Å². The van der Waals surface area contributed by atoms with Gasteiger partial charge in [0, 0.05) is 17.3 Å². The van der Waals surface area contributed by atoms with Crippen molar-refractivity contribution in [3.8, 4) is 0 Å². The molecule has 0 fully saturated rings. The number of allylic oxidation sites excluding steroid dienone is 6. The summed E-state index contributed by atoms with van der Waals surface area (Å²) >= 11 is 0. The minimum absolute atomic E-state index is 0.175. The van der Waals surface area contributed by atoms with Crippen molar-refractivity contribution in [3.05, 3.63) is 87.1 Å². The van der Waals surface area contributed by atoms with Crippen LogP contribution < -0.4 is 10.9 Å². The van der Waals surface area contributed by atoms with E-state index in [2.05, 4.69) is 65.4 Å². The van der Waals surface area contributed by atoms with E-state index in [1.165, 1.54) is 21.7 Å². The third-order valence-corrected chi connectivity index (χ3v) is 4.78. The summed E-state index contributed by atoms with van der Waals surface area (Å²) in [4.78, 5) is 21.6. The minimum atomic E-state index is -0.175. The number of nitrogens with zero attached hydrogens (tertiary/aromatic N) is 3. The Bertz CT molecular complexity index is 1190. The van der Waals surface area contributed by atoms with Crippen LogP contribution in [0.1, 0.15) is 49.8 Å². The first-order valence-corrected chi connectivity index (χ1v) is 10.3. The smallest absolute Gasteiger partial charge is 0.274 e. The monoisotopic (exact) mass is 403 g/mol. The van der Waals surface area contributed by atoms with Crippen LogP contribution in [0.25, 0.3) is 11.4 Å². The fourth-order valence-electron chi connectivity index (χ4n) is 3.23. The first kappa shape index (κ1) is 21.3. The van der Waals surface area contributed by atoms with E-state index in [0.717, 1.165) is 23.2 Å². The van der Waals surface area contributed by atoms with Crippen molar-refractivity contribution in [2.24, 2.45) is 0 Å². The summed E-state index contributed by atoms with van der Waals surface area (Å²) in [6.45, 7) is 10.7. The van der Waals surface area contributed by atoms with E-state index >= 15 is 0 Å². The van der Waals surface area contributed by atoms with Crippen LogP contribution in [-0.2, 0) is 6.54 Å². The Kier molecular flexibility index (Phi) is 6.67. The Hall–Kier alpha value is -3.41. The fourth-order valence-corrected chi connectivity index (χ4v) is 3.23. The molecule has 6 heteroatoms. The normalized spacial score (nSPS) is 13.2. The average Bonchev–Trinajstić information content (AvgIpc) is 3.04. The van der Waals surface area contributed by atoms with Crippen molar-refractivity contribution in [1.29, 1.82) is 0 Å². The molecule has 0 unspecified atom stereocenters. The van der Waals surface area contributed by atoms with Gasteiger partial charge in [-0.3, -0.25) is 9.89 Å². The Labute approximate surface area is 177 Å². The first-order chi connectivity index (χ1) is 14.5. The summed E-state index contributed by atoms with van der Waals surface area (Å²) in [7, 11) is 0. The summed E-state index contributed by atoms with van der Waals surface area (Å²) in [5.74, 6) is 1.01. The lowest BCUT2D eigenvalue weighted by atomic mass is 10.1. The van der Waals surface area contributed by atoms with Gasteiger partial charge in [-0.15, -0.1) is 0 Å². The fraction of sp³-hybridized carbons (Fsp3) is 0.292. The van der Waals surface area contributed by atoms with Crippen molar-refractivity contribution in [1.82, 2.24) is 19.6 Å². The van der Waals surface area contributed by atoms with Gasteiger partial charge in [-0.25, -0.2) is 4.98 Å². The molecule has 0 amide bonds. The Morgan fingerprint density at radius 1 is 1.10 bits per heavy atom. The standard InChI is InChI=1S/C22H23N5O.C2H6/c1-14-5-4-6-17(9-7-14)21-25-22-24-18(12-20(28)27(22)26-21)13-23-19-10-8-15(2)11-16(19)3;1-2/h4,6-12,23H,5,13H2,1-3H3,(H,24,25,26);1-2H3. The van der Waals surface area contributed by atoms with Crippen molar-refractivity contribution >= 4 is 17.0 Å². The van der Waals surface area contributed by atoms with Crippen LogP contribution in [0.5, 0.6) is 0 Å². The molecule has 1 aliphatic rings. The number of anilines is 1. The van der Waals surface area contributed by atoms with Gasteiger partial charge in [0.05, 0.1) is 12.2 Å². The largest absolute Gasteiger partial charge is 0.379 e. The van der Waals surface area contributed by atoms with E-state index in [1.807, 2.05) is 32.1 Å². The SMILES string of the molecule is CC.CC1=CC=C(c2nc3nc(CNc4ccc(C)cc4C)cc(=O)n3[nH]2)C=CC1. The summed E-state index contributed by atoms with van der Waals surface area (Å²) in [5.41, 5.74) is 6.10. The van der Waals surface area contributed by atoms with Gasteiger partial charge < -0.3 is 5.32 Å². The second-order valence-corrected chi connectivity index (χ2v) is 7.21. The molecule has 2 aromatic heterocycles. The van der Waals surface area contributed by atoms with E-state index in [4.69, 9.17) is 0 Å².